The van der Waals surface area contributed by atoms with Gasteiger partial charge >= 0.3 is 5.97 Å². The lowest BCUT2D eigenvalue weighted by Gasteiger charge is -1.94. The molecule has 5 nitrogen and oxygen atoms in total. The molecule has 0 unspecified atom stereocenters. The summed E-state index contributed by atoms with van der Waals surface area (Å²) in [6, 6.07) is 0. The van der Waals surface area contributed by atoms with Crippen molar-refractivity contribution in [3.8, 4) is 10.7 Å². The molecule has 0 aliphatic carbocycles. The third kappa shape index (κ3) is 1.83. The van der Waals surface area contributed by atoms with Gasteiger partial charge in [-0.3, -0.25) is 0 Å². The second-order valence-corrected chi connectivity index (χ2v) is 4.12. The molecule has 2 heterocycles. The second kappa shape index (κ2) is 4.44. The number of rotatable bonds is 4. The molecule has 0 aliphatic heterocycles. The Morgan fingerprint density at radius 2 is 2.44 bits per heavy atom. The molecule has 0 bridgehead atoms. The maximum Gasteiger partial charge on any atom is 0.341 e. The second-order valence-electron chi connectivity index (χ2n) is 3.22. The van der Waals surface area contributed by atoms with E-state index in [2.05, 4.69) is 10.1 Å². The molecule has 0 radical (unpaired) electrons. The smallest absolute Gasteiger partial charge is 0.341 e. The van der Waals surface area contributed by atoms with Crippen LogP contribution in [0.1, 0.15) is 29.5 Å². The monoisotopic (exact) mass is 238 g/mol. The van der Waals surface area contributed by atoms with Crippen LogP contribution in [0.5, 0.6) is 0 Å². The molecule has 0 saturated carbocycles. The minimum atomic E-state index is -1.02. The molecule has 2 rings (SSSR count). The molecular weight excluding hydrogens is 228 g/mol. The number of carboxylic acids is 1. The molecule has 2 aromatic rings. The third-order valence-electron chi connectivity index (χ3n) is 2.09. The Bertz CT molecular complexity index is 490. The van der Waals surface area contributed by atoms with E-state index in [1.165, 1.54) is 11.3 Å². The highest BCUT2D eigenvalue weighted by Crippen LogP contribution is 2.27. The Morgan fingerprint density at radius 1 is 1.62 bits per heavy atom. The van der Waals surface area contributed by atoms with E-state index in [1.807, 2.05) is 6.92 Å². The molecule has 0 fully saturated rings. The highest BCUT2D eigenvalue weighted by atomic mass is 32.1. The Morgan fingerprint density at radius 3 is 3.00 bits per heavy atom. The van der Waals surface area contributed by atoms with Crippen molar-refractivity contribution in [2.75, 3.05) is 0 Å². The molecule has 0 spiro atoms. The van der Waals surface area contributed by atoms with Crippen molar-refractivity contribution in [3.05, 3.63) is 22.9 Å². The van der Waals surface area contributed by atoms with Crippen LogP contribution in [0.3, 0.4) is 0 Å². The van der Waals surface area contributed by atoms with E-state index in [4.69, 9.17) is 9.63 Å². The van der Waals surface area contributed by atoms with E-state index >= 15 is 0 Å². The number of hydrogen-bond donors (Lipinski definition) is 1. The summed E-state index contributed by atoms with van der Waals surface area (Å²) in [6.07, 6.45) is 2.99. The Hall–Kier alpha value is -1.69. The lowest BCUT2D eigenvalue weighted by molar-refractivity contribution is 0.0695. The maximum atomic E-state index is 11.2. The van der Waals surface area contributed by atoms with Crippen LogP contribution in [0.2, 0.25) is 0 Å². The van der Waals surface area contributed by atoms with Gasteiger partial charge in [-0.25, -0.2) is 9.78 Å². The zero-order chi connectivity index (χ0) is 11.5. The Labute approximate surface area is 95.7 Å². The van der Waals surface area contributed by atoms with E-state index in [9.17, 15) is 4.79 Å². The zero-order valence-electron chi connectivity index (χ0n) is 8.64. The SMILES string of the molecule is CCCc1onc(-c2nccs2)c1C(=O)O. The molecule has 0 atom stereocenters. The lowest BCUT2D eigenvalue weighted by atomic mass is 10.1. The summed E-state index contributed by atoms with van der Waals surface area (Å²) < 4.78 is 5.06. The Kier molecular flexibility index (Phi) is 3.00. The van der Waals surface area contributed by atoms with Gasteiger partial charge in [0.2, 0.25) is 0 Å². The summed E-state index contributed by atoms with van der Waals surface area (Å²) in [6.45, 7) is 1.96. The maximum absolute atomic E-state index is 11.2. The first-order chi connectivity index (χ1) is 7.74. The van der Waals surface area contributed by atoms with Gasteiger partial charge in [-0.05, 0) is 6.42 Å². The number of carbonyl (C=O) groups is 1. The van der Waals surface area contributed by atoms with Crippen molar-refractivity contribution in [2.24, 2.45) is 0 Å². The quantitative estimate of drug-likeness (QED) is 0.885. The van der Waals surface area contributed by atoms with Crippen molar-refractivity contribution in [1.29, 1.82) is 0 Å². The van der Waals surface area contributed by atoms with Crippen LogP contribution in [-0.4, -0.2) is 21.2 Å². The fraction of sp³-hybridized carbons (Fsp3) is 0.300. The van der Waals surface area contributed by atoms with E-state index in [1.54, 1.807) is 11.6 Å². The first kappa shape index (κ1) is 10.8. The molecule has 0 saturated heterocycles. The number of aromatic nitrogens is 2. The van der Waals surface area contributed by atoms with Gasteiger partial charge in [0.15, 0.2) is 11.5 Å². The average molecular weight is 238 g/mol. The van der Waals surface area contributed by atoms with Crippen LogP contribution in [0.25, 0.3) is 10.7 Å². The van der Waals surface area contributed by atoms with Gasteiger partial charge in [0.1, 0.15) is 10.6 Å². The molecule has 0 aromatic carbocycles. The highest BCUT2D eigenvalue weighted by Gasteiger charge is 2.24. The van der Waals surface area contributed by atoms with Gasteiger partial charge in [-0.1, -0.05) is 12.1 Å². The first-order valence-corrected chi connectivity index (χ1v) is 5.73. The van der Waals surface area contributed by atoms with Crippen LogP contribution < -0.4 is 0 Å². The van der Waals surface area contributed by atoms with Crippen molar-refractivity contribution >= 4 is 17.3 Å². The van der Waals surface area contributed by atoms with Crippen molar-refractivity contribution < 1.29 is 14.4 Å². The van der Waals surface area contributed by atoms with Crippen molar-refractivity contribution in [3.63, 3.8) is 0 Å². The van der Waals surface area contributed by atoms with Gasteiger partial charge in [-0.2, -0.15) is 0 Å². The van der Waals surface area contributed by atoms with Crippen molar-refractivity contribution in [2.45, 2.75) is 19.8 Å². The van der Waals surface area contributed by atoms with Crippen LogP contribution in [0.15, 0.2) is 16.1 Å². The molecule has 16 heavy (non-hydrogen) atoms. The van der Waals surface area contributed by atoms with E-state index in [0.29, 0.717) is 22.9 Å². The predicted octanol–water partition coefficient (Wildman–Crippen LogP) is 2.45. The summed E-state index contributed by atoms with van der Waals surface area (Å²) in [7, 11) is 0. The Balaban J connectivity index is 2.50. The normalized spacial score (nSPS) is 10.6. The van der Waals surface area contributed by atoms with Crippen molar-refractivity contribution in [1.82, 2.24) is 10.1 Å². The summed E-state index contributed by atoms with van der Waals surface area (Å²) in [5.74, 6) is -0.602. The fourth-order valence-corrected chi connectivity index (χ4v) is 2.05. The largest absolute Gasteiger partial charge is 0.477 e. The fourth-order valence-electron chi connectivity index (χ4n) is 1.43. The number of aryl methyl sites for hydroxylation is 1. The number of carboxylic acid groups (broad SMARTS) is 1. The zero-order valence-corrected chi connectivity index (χ0v) is 9.45. The summed E-state index contributed by atoms with van der Waals surface area (Å²) >= 11 is 1.34. The summed E-state index contributed by atoms with van der Waals surface area (Å²) in [5, 5.41) is 15.3. The van der Waals surface area contributed by atoms with E-state index in [0.717, 1.165) is 6.42 Å². The minimum Gasteiger partial charge on any atom is -0.477 e. The third-order valence-corrected chi connectivity index (χ3v) is 2.87. The number of hydrogen-bond acceptors (Lipinski definition) is 5. The topological polar surface area (TPSA) is 76.2 Å². The average Bonchev–Trinajstić information content (AvgIpc) is 2.83. The molecule has 6 heteroatoms. The molecule has 0 aliphatic rings. The van der Waals surface area contributed by atoms with Gasteiger partial charge < -0.3 is 9.63 Å². The minimum absolute atomic E-state index is 0.136. The lowest BCUT2D eigenvalue weighted by Crippen LogP contribution is -2.01. The van der Waals surface area contributed by atoms with Gasteiger partial charge in [0, 0.05) is 18.0 Å². The number of nitrogens with zero attached hydrogens (tertiary/aromatic N) is 2. The highest BCUT2D eigenvalue weighted by molar-refractivity contribution is 7.13. The summed E-state index contributed by atoms with van der Waals surface area (Å²) in [4.78, 5) is 15.2. The predicted molar refractivity (Wildman–Crippen MR) is 58.6 cm³/mol. The molecule has 0 amide bonds. The van der Waals surface area contributed by atoms with Crippen LogP contribution in [0, 0.1) is 0 Å². The molecule has 2 aromatic heterocycles. The number of aromatic carboxylic acids is 1. The standard InChI is InChI=1S/C10H10N2O3S/c1-2-3-6-7(10(13)14)8(12-15-6)9-11-4-5-16-9/h4-5H,2-3H2,1H3,(H,13,14). The van der Waals surface area contributed by atoms with Gasteiger partial charge in [0.25, 0.3) is 0 Å². The van der Waals surface area contributed by atoms with Crippen LogP contribution in [-0.2, 0) is 6.42 Å². The van der Waals surface area contributed by atoms with Crippen LogP contribution in [0.4, 0.5) is 0 Å². The summed E-state index contributed by atoms with van der Waals surface area (Å²) in [5.41, 5.74) is 0.461. The molecule has 1 N–H and O–H groups in total. The number of thiazole rings is 1. The molecule has 84 valence electrons. The van der Waals surface area contributed by atoms with Gasteiger partial charge in [0.05, 0.1) is 0 Å². The van der Waals surface area contributed by atoms with Gasteiger partial charge in [-0.15, -0.1) is 11.3 Å². The van der Waals surface area contributed by atoms with Crippen LogP contribution >= 0.6 is 11.3 Å². The van der Waals surface area contributed by atoms with E-state index < -0.39 is 5.97 Å². The first-order valence-electron chi connectivity index (χ1n) is 4.85. The molecular formula is C10H10N2O3S. The van der Waals surface area contributed by atoms with E-state index in [-0.39, 0.29) is 5.56 Å².